The van der Waals surface area contributed by atoms with Gasteiger partial charge < -0.3 is 10.4 Å². The smallest absolute Gasteiger partial charge is 0.338 e. The topological polar surface area (TPSA) is 92.2 Å². The van der Waals surface area contributed by atoms with Crippen LogP contribution in [-0.2, 0) is 0 Å². The van der Waals surface area contributed by atoms with E-state index in [0.717, 1.165) is 0 Å². The summed E-state index contributed by atoms with van der Waals surface area (Å²) in [5.41, 5.74) is 1.01. The van der Waals surface area contributed by atoms with E-state index >= 15 is 0 Å². The van der Waals surface area contributed by atoms with Crippen LogP contribution in [0.15, 0.2) is 36.8 Å². The van der Waals surface area contributed by atoms with Crippen LogP contribution in [0.1, 0.15) is 26.4 Å². The second kappa shape index (κ2) is 5.26. The van der Waals surface area contributed by atoms with Crippen molar-refractivity contribution in [3.05, 3.63) is 53.6 Å². The summed E-state index contributed by atoms with van der Waals surface area (Å²) in [6, 6.07) is 4.88. The number of aromatic carboxylic acids is 1. The van der Waals surface area contributed by atoms with Gasteiger partial charge in [0.2, 0.25) is 0 Å². The second-order valence-corrected chi connectivity index (χ2v) is 3.85. The molecule has 0 bridgehead atoms. The second-order valence-electron chi connectivity index (χ2n) is 3.85. The molecule has 1 aromatic carbocycles. The number of nitrogens with one attached hydrogen (secondary N) is 1. The maximum atomic E-state index is 11.9. The number of benzene rings is 1. The van der Waals surface area contributed by atoms with E-state index in [1.807, 2.05) is 0 Å². The Morgan fingerprint density at radius 1 is 1.26 bits per heavy atom. The van der Waals surface area contributed by atoms with Gasteiger partial charge in [-0.15, -0.1) is 0 Å². The predicted molar refractivity (Wildman–Crippen MR) is 68.1 cm³/mol. The Morgan fingerprint density at radius 2 is 2.05 bits per heavy atom. The summed E-state index contributed by atoms with van der Waals surface area (Å²) in [6.07, 6.45) is 4.15. The van der Waals surface area contributed by atoms with Crippen LogP contribution in [0.25, 0.3) is 0 Å². The van der Waals surface area contributed by atoms with E-state index in [1.54, 1.807) is 19.1 Å². The lowest BCUT2D eigenvalue weighted by molar-refractivity contribution is 0.0697. The molecule has 2 rings (SSSR count). The molecule has 96 valence electrons. The van der Waals surface area contributed by atoms with Gasteiger partial charge in [0, 0.05) is 12.4 Å². The van der Waals surface area contributed by atoms with Crippen LogP contribution in [0.3, 0.4) is 0 Å². The number of nitrogens with zero attached hydrogens (tertiary/aromatic N) is 2. The summed E-state index contributed by atoms with van der Waals surface area (Å²) >= 11 is 0. The molecule has 0 atom stereocenters. The van der Waals surface area contributed by atoms with E-state index in [0.29, 0.717) is 5.56 Å². The van der Waals surface area contributed by atoms with Gasteiger partial charge in [0.1, 0.15) is 5.69 Å². The van der Waals surface area contributed by atoms with Crippen molar-refractivity contribution in [1.82, 2.24) is 9.97 Å². The Hall–Kier alpha value is -2.76. The highest BCUT2D eigenvalue weighted by Crippen LogP contribution is 2.20. The van der Waals surface area contributed by atoms with Crippen LogP contribution in [-0.4, -0.2) is 27.0 Å². The summed E-state index contributed by atoms with van der Waals surface area (Å²) in [7, 11) is 0. The molecule has 0 saturated carbocycles. The molecule has 6 nitrogen and oxygen atoms in total. The van der Waals surface area contributed by atoms with Gasteiger partial charge in [-0.25, -0.2) is 9.78 Å². The molecule has 0 aliphatic carbocycles. The molecule has 0 aliphatic heterocycles. The minimum absolute atomic E-state index is 0.0692. The molecular weight excluding hydrogens is 246 g/mol. The molecule has 0 spiro atoms. The van der Waals surface area contributed by atoms with Crippen molar-refractivity contribution in [1.29, 1.82) is 0 Å². The average Bonchev–Trinajstić information content (AvgIpc) is 2.39. The van der Waals surface area contributed by atoms with Gasteiger partial charge in [-0.1, -0.05) is 12.1 Å². The lowest BCUT2D eigenvalue weighted by atomic mass is 10.1. The summed E-state index contributed by atoms with van der Waals surface area (Å²) in [6.45, 7) is 1.67. The SMILES string of the molecule is Cc1cccc(NC(=O)c2cnccn2)c1C(=O)O. The zero-order valence-corrected chi connectivity index (χ0v) is 10.1. The minimum atomic E-state index is -1.09. The molecule has 0 saturated heterocycles. The van der Waals surface area contributed by atoms with Gasteiger partial charge in [-0.3, -0.25) is 9.78 Å². The van der Waals surface area contributed by atoms with E-state index in [-0.39, 0.29) is 16.9 Å². The third-order valence-electron chi connectivity index (χ3n) is 2.53. The molecule has 0 aliphatic rings. The van der Waals surface area contributed by atoms with Gasteiger partial charge in [-0.2, -0.15) is 0 Å². The van der Waals surface area contributed by atoms with Crippen molar-refractivity contribution in [2.75, 3.05) is 5.32 Å². The van der Waals surface area contributed by atoms with Gasteiger partial charge in [0.05, 0.1) is 17.4 Å². The van der Waals surface area contributed by atoms with E-state index in [9.17, 15) is 9.59 Å². The average molecular weight is 257 g/mol. The molecule has 6 heteroatoms. The largest absolute Gasteiger partial charge is 0.478 e. The van der Waals surface area contributed by atoms with Crippen LogP contribution >= 0.6 is 0 Å². The van der Waals surface area contributed by atoms with E-state index < -0.39 is 11.9 Å². The number of carboxylic acids is 1. The van der Waals surface area contributed by atoms with Crippen molar-refractivity contribution in [3.63, 3.8) is 0 Å². The molecule has 1 heterocycles. The van der Waals surface area contributed by atoms with Crippen LogP contribution in [0.5, 0.6) is 0 Å². The number of rotatable bonds is 3. The first kappa shape index (κ1) is 12.7. The monoisotopic (exact) mass is 257 g/mol. The fourth-order valence-corrected chi connectivity index (χ4v) is 1.66. The molecule has 2 aromatic rings. The van der Waals surface area contributed by atoms with Gasteiger partial charge >= 0.3 is 5.97 Å². The number of hydrogen-bond donors (Lipinski definition) is 2. The number of carbonyl (C=O) groups is 2. The number of hydrogen-bond acceptors (Lipinski definition) is 4. The quantitative estimate of drug-likeness (QED) is 0.873. The zero-order chi connectivity index (χ0) is 13.8. The summed E-state index contributed by atoms with van der Waals surface area (Å²) < 4.78 is 0. The van der Waals surface area contributed by atoms with Crippen LogP contribution < -0.4 is 5.32 Å². The van der Waals surface area contributed by atoms with Gasteiger partial charge in [-0.05, 0) is 18.6 Å². The fraction of sp³-hybridized carbons (Fsp3) is 0.0769. The Balaban J connectivity index is 2.32. The summed E-state index contributed by atoms with van der Waals surface area (Å²) in [4.78, 5) is 30.7. The number of aromatic nitrogens is 2. The first-order valence-electron chi connectivity index (χ1n) is 5.50. The fourth-order valence-electron chi connectivity index (χ4n) is 1.66. The molecule has 1 aromatic heterocycles. The van der Waals surface area contributed by atoms with Crippen molar-refractivity contribution in [2.45, 2.75) is 6.92 Å². The zero-order valence-electron chi connectivity index (χ0n) is 10.1. The first-order chi connectivity index (χ1) is 9.09. The molecule has 1 amide bonds. The normalized spacial score (nSPS) is 9.95. The standard InChI is InChI=1S/C13H11N3O3/c1-8-3-2-4-9(11(8)13(18)19)16-12(17)10-7-14-5-6-15-10/h2-7H,1H3,(H,16,17)(H,18,19). The molecule has 0 unspecified atom stereocenters. The van der Waals surface area contributed by atoms with E-state index in [2.05, 4.69) is 15.3 Å². The number of aryl methyl sites for hydroxylation is 1. The Kier molecular flexibility index (Phi) is 3.51. The first-order valence-corrected chi connectivity index (χ1v) is 5.50. The van der Waals surface area contributed by atoms with Crippen LogP contribution in [0.2, 0.25) is 0 Å². The highest BCUT2D eigenvalue weighted by Gasteiger charge is 2.16. The Bertz CT molecular complexity index is 626. The summed E-state index contributed by atoms with van der Waals surface area (Å²) in [5.74, 6) is -1.59. The third-order valence-corrected chi connectivity index (χ3v) is 2.53. The van der Waals surface area contributed by atoms with Crippen molar-refractivity contribution < 1.29 is 14.7 Å². The lowest BCUT2D eigenvalue weighted by Crippen LogP contribution is -2.16. The molecule has 2 N–H and O–H groups in total. The Labute approximate surface area is 109 Å². The lowest BCUT2D eigenvalue weighted by Gasteiger charge is -2.09. The Morgan fingerprint density at radius 3 is 2.68 bits per heavy atom. The number of carbonyl (C=O) groups excluding carboxylic acids is 1. The van der Waals surface area contributed by atoms with Crippen molar-refractivity contribution in [3.8, 4) is 0 Å². The number of amides is 1. The van der Waals surface area contributed by atoms with Gasteiger partial charge in [0.15, 0.2) is 0 Å². The maximum Gasteiger partial charge on any atom is 0.338 e. The summed E-state index contributed by atoms with van der Waals surface area (Å²) in [5, 5.41) is 11.7. The number of anilines is 1. The third kappa shape index (κ3) is 2.74. The van der Waals surface area contributed by atoms with E-state index in [1.165, 1.54) is 24.7 Å². The van der Waals surface area contributed by atoms with Crippen LogP contribution in [0.4, 0.5) is 5.69 Å². The molecular formula is C13H11N3O3. The number of carboxylic acid groups (broad SMARTS) is 1. The van der Waals surface area contributed by atoms with E-state index in [4.69, 9.17) is 5.11 Å². The predicted octanol–water partition coefficient (Wildman–Crippen LogP) is 1.74. The maximum absolute atomic E-state index is 11.9. The van der Waals surface area contributed by atoms with Gasteiger partial charge in [0.25, 0.3) is 5.91 Å². The molecule has 0 fully saturated rings. The highest BCUT2D eigenvalue weighted by atomic mass is 16.4. The molecule has 0 radical (unpaired) electrons. The minimum Gasteiger partial charge on any atom is -0.478 e. The van der Waals surface area contributed by atoms with Crippen molar-refractivity contribution in [2.24, 2.45) is 0 Å². The van der Waals surface area contributed by atoms with Crippen molar-refractivity contribution >= 4 is 17.6 Å². The molecule has 19 heavy (non-hydrogen) atoms. The van der Waals surface area contributed by atoms with Crippen LogP contribution in [0, 0.1) is 6.92 Å². The highest BCUT2D eigenvalue weighted by molar-refractivity contribution is 6.07.